The van der Waals surface area contributed by atoms with Gasteiger partial charge in [0.1, 0.15) is 0 Å². The number of aryl methyl sites for hydroxylation is 1. The van der Waals surface area contributed by atoms with Gasteiger partial charge in [0, 0.05) is 14.1 Å². The molecule has 2 nitrogen and oxygen atoms in total. The molecule has 19 heavy (non-hydrogen) atoms. The Kier molecular flexibility index (Phi) is 8.49. The standard InChI is InChI=1S/C16H25NO.ClH/c1-5-6-7-8-14-9-11-15(12-10-14)13(2)16(18)17(3)4;/h9-13H,5-8H2,1-4H3;1H. The summed E-state index contributed by atoms with van der Waals surface area (Å²) in [5.41, 5.74) is 2.48. The monoisotopic (exact) mass is 283 g/mol. The van der Waals surface area contributed by atoms with Crippen molar-refractivity contribution in [3.05, 3.63) is 35.4 Å². The van der Waals surface area contributed by atoms with Crippen LogP contribution in [0.15, 0.2) is 24.3 Å². The molecular formula is C16H26ClNO. The Balaban J connectivity index is 0.00000324. The van der Waals surface area contributed by atoms with E-state index in [1.807, 2.05) is 6.92 Å². The number of halogens is 1. The summed E-state index contributed by atoms with van der Waals surface area (Å²) in [7, 11) is 3.61. The molecule has 0 N–H and O–H groups in total. The zero-order valence-corrected chi connectivity index (χ0v) is 13.3. The third-order valence-corrected chi connectivity index (χ3v) is 3.36. The lowest BCUT2D eigenvalue weighted by molar-refractivity contribution is -0.129. The molecule has 1 rings (SSSR count). The average molecular weight is 284 g/mol. The van der Waals surface area contributed by atoms with Gasteiger partial charge in [-0.2, -0.15) is 0 Å². The van der Waals surface area contributed by atoms with Crippen LogP contribution in [0.1, 0.15) is 50.2 Å². The Morgan fingerprint density at radius 2 is 1.74 bits per heavy atom. The number of hydrogen-bond acceptors (Lipinski definition) is 1. The molecule has 1 amide bonds. The van der Waals surface area contributed by atoms with E-state index in [0.29, 0.717) is 0 Å². The van der Waals surface area contributed by atoms with Crippen molar-refractivity contribution in [1.82, 2.24) is 4.90 Å². The quantitative estimate of drug-likeness (QED) is 0.722. The molecule has 1 aromatic rings. The Morgan fingerprint density at radius 3 is 2.21 bits per heavy atom. The largest absolute Gasteiger partial charge is 0.348 e. The smallest absolute Gasteiger partial charge is 0.229 e. The topological polar surface area (TPSA) is 20.3 Å². The lowest BCUT2D eigenvalue weighted by atomic mass is 9.97. The van der Waals surface area contributed by atoms with Gasteiger partial charge in [0.15, 0.2) is 0 Å². The van der Waals surface area contributed by atoms with Crippen molar-refractivity contribution >= 4 is 18.3 Å². The fraction of sp³-hybridized carbons (Fsp3) is 0.562. The van der Waals surface area contributed by atoms with Gasteiger partial charge in [0.05, 0.1) is 5.92 Å². The summed E-state index contributed by atoms with van der Waals surface area (Å²) < 4.78 is 0. The minimum Gasteiger partial charge on any atom is -0.348 e. The molecule has 0 aromatic heterocycles. The number of benzene rings is 1. The van der Waals surface area contributed by atoms with E-state index in [1.165, 1.54) is 24.8 Å². The Bertz CT molecular complexity index is 373. The third-order valence-electron chi connectivity index (χ3n) is 3.36. The lowest BCUT2D eigenvalue weighted by Crippen LogP contribution is -2.26. The van der Waals surface area contributed by atoms with Crippen molar-refractivity contribution in [2.24, 2.45) is 0 Å². The lowest BCUT2D eigenvalue weighted by Gasteiger charge is -2.17. The highest BCUT2D eigenvalue weighted by Gasteiger charge is 2.16. The first-order valence-corrected chi connectivity index (χ1v) is 6.86. The van der Waals surface area contributed by atoms with E-state index < -0.39 is 0 Å². The second kappa shape index (κ2) is 8.98. The highest BCUT2D eigenvalue weighted by atomic mass is 35.5. The van der Waals surface area contributed by atoms with E-state index in [0.717, 1.165) is 12.0 Å². The van der Waals surface area contributed by atoms with Gasteiger partial charge in [-0.3, -0.25) is 4.79 Å². The highest BCUT2D eigenvalue weighted by Crippen LogP contribution is 2.18. The van der Waals surface area contributed by atoms with Crippen LogP contribution in [0, 0.1) is 0 Å². The van der Waals surface area contributed by atoms with Gasteiger partial charge in [-0.05, 0) is 30.9 Å². The molecule has 0 aliphatic rings. The Hall–Kier alpha value is -1.02. The second-order valence-electron chi connectivity index (χ2n) is 5.15. The van der Waals surface area contributed by atoms with E-state index >= 15 is 0 Å². The van der Waals surface area contributed by atoms with E-state index in [-0.39, 0.29) is 24.2 Å². The zero-order valence-electron chi connectivity index (χ0n) is 12.5. The summed E-state index contributed by atoms with van der Waals surface area (Å²) in [4.78, 5) is 13.5. The van der Waals surface area contributed by atoms with Crippen molar-refractivity contribution in [1.29, 1.82) is 0 Å². The summed E-state index contributed by atoms with van der Waals surface area (Å²) >= 11 is 0. The first-order valence-electron chi connectivity index (χ1n) is 6.86. The number of unbranched alkanes of at least 4 members (excludes halogenated alkanes) is 2. The summed E-state index contributed by atoms with van der Waals surface area (Å²) in [6.07, 6.45) is 4.94. The predicted octanol–water partition coefficient (Wildman–Crippen LogP) is 4.03. The van der Waals surface area contributed by atoms with Crippen LogP contribution in [0.25, 0.3) is 0 Å². The maximum atomic E-state index is 11.9. The Morgan fingerprint density at radius 1 is 1.16 bits per heavy atom. The number of nitrogens with zero attached hydrogens (tertiary/aromatic N) is 1. The summed E-state index contributed by atoms with van der Waals surface area (Å²) in [5.74, 6) is 0.110. The zero-order chi connectivity index (χ0) is 13.5. The van der Waals surface area contributed by atoms with E-state index in [1.54, 1.807) is 19.0 Å². The number of rotatable bonds is 6. The van der Waals surface area contributed by atoms with E-state index in [4.69, 9.17) is 0 Å². The minimum atomic E-state index is -0.0512. The van der Waals surface area contributed by atoms with Gasteiger partial charge < -0.3 is 4.90 Å². The fourth-order valence-corrected chi connectivity index (χ4v) is 2.08. The molecule has 1 atom stereocenters. The molecule has 3 heteroatoms. The van der Waals surface area contributed by atoms with Crippen LogP contribution in [-0.2, 0) is 11.2 Å². The number of hydrogen-bond donors (Lipinski definition) is 0. The molecule has 0 fully saturated rings. The van der Waals surface area contributed by atoms with Crippen molar-refractivity contribution < 1.29 is 4.79 Å². The molecule has 0 radical (unpaired) electrons. The van der Waals surface area contributed by atoms with Crippen LogP contribution in [0.5, 0.6) is 0 Å². The molecule has 1 aromatic carbocycles. The first kappa shape index (κ1) is 18.0. The second-order valence-corrected chi connectivity index (χ2v) is 5.15. The number of amides is 1. The summed E-state index contributed by atoms with van der Waals surface area (Å²) in [6.45, 7) is 4.19. The maximum absolute atomic E-state index is 11.9. The van der Waals surface area contributed by atoms with Gasteiger partial charge in [-0.25, -0.2) is 0 Å². The predicted molar refractivity (Wildman–Crippen MR) is 84.0 cm³/mol. The van der Waals surface area contributed by atoms with Gasteiger partial charge in [-0.1, -0.05) is 44.0 Å². The molecule has 0 spiro atoms. The third kappa shape index (κ3) is 5.65. The number of carbonyl (C=O) groups excluding carboxylic acids is 1. The molecule has 0 heterocycles. The normalized spacial score (nSPS) is 11.6. The molecule has 0 aliphatic heterocycles. The van der Waals surface area contributed by atoms with Crippen LogP contribution in [0.3, 0.4) is 0 Å². The average Bonchev–Trinajstić information content (AvgIpc) is 2.38. The van der Waals surface area contributed by atoms with E-state index in [2.05, 4.69) is 31.2 Å². The SMILES string of the molecule is CCCCCc1ccc(C(C)C(=O)N(C)C)cc1.Cl. The maximum Gasteiger partial charge on any atom is 0.229 e. The highest BCUT2D eigenvalue weighted by molar-refractivity contribution is 5.85. The molecule has 0 aliphatic carbocycles. The van der Waals surface area contributed by atoms with Crippen LogP contribution >= 0.6 is 12.4 Å². The van der Waals surface area contributed by atoms with Crippen molar-refractivity contribution in [3.8, 4) is 0 Å². The van der Waals surface area contributed by atoms with Gasteiger partial charge in [0.2, 0.25) is 5.91 Å². The van der Waals surface area contributed by atoms with Crippen LogP contribution in [0.4, 0.5) is 0 Å². The first-order chi connectivity index (χ1) is 8.56. The molecule has 0 saturated carbocycles. The van der Waals surface area contributed by atoms with Gasteiger partial charge in [0.25, 0.3) is 0 Å². The van der Waals surface area contributed by atoms with Gasteiger partial charge >= 0.3 is 0 Å². The Labute approximate surface area is 123 Å². The number of carbonyl (C=O) groups is 1. The molecule has 108 valence electrons. The van der Waals surface area contributed by atoms with Gasteiger partial charge in [-0.15, -0.1) is 12.4 Å². The fourth-order valence-electron chi connectivity index (χ4n) is 2.08. The molecule has 1 unspecified atom stereocenters. The van der Waals surface area contributed by atoms with Crippen molar-refractivity contribution in [2.45, 2.75) is 45.4 Å². The summed E-state index contributed by atoms with van der Waals surface area (Å²) in [5, 5.41) is 0. The van der Waals surface area contributed by atoms with Crippen LogP contribution in [0.2, 0.25) is 0 Å². The molecular weight excluding hydrogens is 258 g/mol. The summed E-state index contributed by atoms with van der Waals surface area (Å²) in [6, 6.07) is 8.50. The molecule has 0 saturated heterocycles. The number of likely N-dealkylation sites (N-methyl/N-ethyl adjacent to an activating group) is 1. The van der Waals surface area contributed by atoms with E-state index in [9.17, 15) is 4.79 Å². The molecule has 0 bridgehead atoms. The van der Waals surface area contributed by atoms with Crippen LogP contribution < -0.4 is 0 Å². The minimum absolute atomic E-state index is 0. The van der Waals surface area contributed by atoms with Crippen LogP contribution in [-0.4, -0.2) is 24.9 Å². The van der Waals surface area contributed by atoms with Crippen molar-refractivity contribution in [3.63, 3.8) is 0 Å². The van der Waals surface area contributed by atoms with Crippen molar-refractivity contribution in [2.75, 3.05) is 14.1 Å².